The van der Waals surface area contributed by atoms with Crippen LogP contribution >= 0.6 is 0 Å². The van der Waals surface area contributed by atoms with Crippen LogP contribution in [0.2, 0.25) is 0 Å². The molecule has 35 heavy (non-hydrogen) atoms. The average molecular weight is 495 g/mol. The van der Waals surface area contributed by atoms with Gasteiger partial charge in [0.25, 0.3) is 5.91 Å². The number of methoxy groups -OCH3 is 1. The molecule has 0 radical (unpaired) electrons. The second-order valence-corrected chi connectivity index (χ2v) is 8.82. The molecule has 0 unspecified atom stereocenters. The summed E-state index contributed by atoms with van der Waals surface area (Å²) in [4.78, 5) is 18.8. The van der Waals surface area contributed by atoms with Crippen molar-refractivity contribution in [2.24, 2.45) is 11.7 Å². The van der Waals surface area contributed by atoms with E-state index in [9.17, 15) is 18.0 Å². The molecule has 9 nitrogen and oxygen atoms in total. The van der Waals surface area contributed by atoms with Crippen LogP contribution in [-0.4, -0.2) is 56.5 Å². The van der Waals surface area contributed by atoms with Crippen molar-refractivity contribution < 1.29 is 27.1 Å². The fourth-order valence-corrected chi connectivity index (χ4v) is 4.53. The van der Waals surface area contributed by atoms with E-state index in [-0.39, 0.29) is 36.6 Å². The molecule has 1 saturated heterocycles. The molecule has 4 heterocycles. The molecule has 2 aromatic rings. The topological polar surface area (TPSA) is 132 Å². The molecule has 190 valence electrons. The Morgan fingerprint density at radius 1 is 1.40 bits per heavy atom. The number of nitrogens with zero attached hydrogens (tertiary/aromatic N) is 2. The maximum absolute atomic E-state index is 13.4. The predicted octanol–water partition coefficient (Wildman–Crippen LogP) is 3.46. The Balaban J connectivity index is 1.55. The second-order valence-electron chi connectivity index (χ2n) is 8.82. The number of piperidine rings is 1. The maximum Gasteiger partial charge on any atom is 0.393 e. The molecule has 0 saturated carbocycles. The molecule has 1 fully saturated rings. The van der Waals surface area contributed by atoms with E-state index < -0.39 is 24.0 Å². The minimum Gasteiger partial charge on any atom is -0.438 e. The molecule has 0 spiro atoms. The van der Waals surface area contributed by atoms with Gasteiger partial charge in [-0.1, -0.05) is 0 Å². The number of aromatic nitrogens is 1. The number of carbonyl (C=O) groups excluding carboxylic acids is 1. The molecule has 0 aromatic carbocycles. The van der Waals surface area contributed by atoms with Gasteiger partial charge in [-0.15, -0.1) is 0 Å². The van der Waals surface area contributed by atoms with Crippen LogP contribution in [0.5, 0.6) is 0 Å². The van der Waals surface area contributed by atoms with E-state index in [0.717, 1.165) is 18.4 Å². The normalized spacial score (nSPS) is 20.1. The van der Waals surface area contributed by atoms with Crippen LogP contribution in [0.4, 0.5) is 36.1 Å². The standard InChI is InChI=1S/C23H29F3N6O3/c1-34-6-2-3-13-7-18-20(30-9-13)19(21(28)35-18)22(33)31-16-10-29-5-4-17(16)32-11-14(23(24,25)26)8-15(27)12-32/h4-5,7,10,14-15,30H,2-3,6,8-9,11-12,27-28H2,1H3,(H,31,33)/t14-,15+/m1/s1. The van der Waals surface area contributed by atoms with Crippen LogP contribution < -0.4 is 27.0 Å². The number of nitrogens with one attached hydrogen (secondary N) is 2. The molecule has 6 N–H and O–H groups in total. The molecule has 2 aromatic heterocycles. The van der Waals surface area contributed by atoms with Crippen molar-refractivity contribution in [3.05, 3.63) is 35.4 Å². The van der Waals surface area contributed by atoms with E-state index in [1.54, 1.807) is 13.2 Å². The van der Waals surface area contributed by atoms with Gasteiger partial charge < -0.3 is 36.2 Å². The van der Waals surface area contributed by atoms with Crippen LogP contribution in [0.25, 0.3) is 6.08 Å². The summed E-state index contributed by atoms with van der Waals surface area (Å²) < 4.78 is 50.9. The minimum absolute atomic E-state index is 0.0584. The number of hydrogen-bond donors (Lipinski definition) is 4. The number of carbonyl (C=O) groups is 1. The Kier molecular flexibility index (Phi) is 7.22. The number of pyridine rings is 1. The number of amides is 1. The van der Waals surface area contributed by atoms with Gasteiger partial charge >= 0.3 is 6.18 Å². The van der Waals surface area contributed by atoms with E-state index in [1.165, 1.54) is 17.3 Å². The lowest BCUT2D eigenvalue weighted by molar-refractivity contribution is -0.177. The lowest BCUT2D eigenvalue weighted by Gasteiger charge is -2.39. The molecule has 0 bridgehead atoms. The summed E-state index contributed by atoms with van der Waals surface area (Å²) in [6, 6.07) is 0.903. The van der Waals surface area contributed by atoms with Gasteiger partial charge in [0.15, 0.2) is 5.76 Å². The SMILES string of the molecule is COCCCC1=Cc2oc(N)c(C(=O)Nc3cnccc3N3C[C@@H](N)C[C@@H](C(F)(F)F)C3)c2NC1. The third-order valence-corrected chi connectivity index (χ3v) is 6.20. The van der Waals surface area contributed by atoms with Crippen molar-refractivity contribution in [3.8, 4) is 0 Å². The van der Waals surface area contributed by atoms with Crippen molar-refractivity contribution in [2.75, 3.05) is 54.6 Å². The first-order valence-electron chi connectivity index (χ1n) is 11.3. The van der Waals surface area contributed by atoms with Crippen LogP contribution in [-0.2, 0) is 4.74 Å². The smallest absolute Gasteiger partial charge is 0.393 e. The lowest BCUT2D eigenvalue weighted by atomic mass is 9.93. The number of halogens is 3. The Labute approximate surface area is 200 Å². The number of nitrogen functional groups attached to an aromatic ring is 1. The number of fused-ring (bicyclic) bond motifs is 1. The van der Waals surface area contributed by atoms with Gasteiger partial charge in [0.05, 0.1) is 29.2 Å². The molecule has 0 aliphatic carbocycles. The van der Waals surface area contributed by atoms with E-state index in [2.05, 4.69) is 15.6 Å². The summed E-state index contributed by atoms with van der Waals surface area (Å²) in [6.45, 7) is 1.13. The quantitative estimate of drug-likeness (QED) is 0.431. The molecule has 2 atom stereocenters. The van der Waals surface area contributed by atoms with Gasteiger partial charge in [-0.3, -0.25) is 9.78 Å². The summed E-state index contributed by atoms with van der Waals surface area (Å²) in [7, 11) is 1.64. The Morgan fingerprint density at radius 2 is 2.20 bits per heavy atom. The zero-order valence-corrected chi connectivity index (χ0v) is 19.3. The van der Waals surface area contributed by atoms with E-state index in [4.69, 9.17) is 20.6 Å². The Hall–Kier alpha value is -3.25. The number of anilines is 4. The van der Waals surface area contributed by atoms with Crippen LogP contribution in [0, 0.1) is 5.92 Å². The number of furan rings is 1. The van der Waals surface area contributed by atoms with Crippen LogP contribution in [0.3, 0.4) is 0 Å². The van der Waals surface area contributed by atoms with Gasteiger partial charge in [0, 0.05) is 45.6 Å². The monoisotopic (exact) mass is 494 g/mol. The Bertz CT molecular complexity index is 1100. The Morgan fingerprint density at radius 3 is 2.94 bits per heavy atom. The first-order valence-corrected chi connectivity index (χ1v) is 11.3. The van der Waals surface area contributed by atoms with Crippen molar-refractivity contribution in [3.63, 3.8) is 0 Å². The van der Waals surface area contributed by atoms with Crippen molar-refractivity contribution >= 4 is 34.9 Å². The third-order valence-electron chi connectivity index (χ3n) is 6.20. The molecule has 12 heteroatoms. The van der Waals surface area contributed by atoms with Gasteiger partial charge in [-0.05, 0) is 37.0 Å². The second kappa shape index (κ2) is 10.2. The van der Waals surface area contributed by atoms with Gasteiger partial charge in [-0.25, -0.2) is 0 Å². The minimum atomic E-state index is -4.36. The highest BCUT2D eigenvalue weighted by Crippen LogP contribution is 2.38. The van der Waals surface area contributed by atoms with E-state index >= 15 is 0 Å². The zero-order valence-electron chi connectivity index (χ0n) is 19.3. The number of hydrogen-bond acceptors (Lipinski definition) is 8. The fourth-order valence-electron chi connectivity index (χ4n) is 4.53. The summed E-state index contributed by atoms with van der Waals surface area (Å²) >= 11 is 0. The highest BCUT2D eigenvalue weighted by atomic mass is 19.4. The first kappa shape index (κ1) is 24.9. The van der Waals surface area contributed by atoms with Crippen molar-refractivity contribution in [2.45, 2.75) is 31.5 Å². The fraction of sp³-hybridized carbons (Fsp3) is 0.478. The maximum atomic E-state index is 13.4. The molecular formula is C23H29F3N6O3. The molecule has 2 aliphatic rings. The molecule has 2 aliphatic heterocycles. The molecule has 1 amide bonds. The summed E-state index contributed by atoms with van der Waals surface area (Å²) in [5.74, 6) is -1.72. The summed E-state index contributed by atoms with van der Waals surface area (Å²) in [6.07, 6.45) is 1.85. The molecular weight excluding hydrogens is 465 g/mol. The van der Waals surface area contributed by atoms with Gasteiger partial charge in [0.2, 0.25) is 5.88 Å². The lowest BCUT2D eigenvalue weighted by Crippen LogP contribution is -2.51. The zero-order chi connectivity index (χ0) is 25.2. The first-order chi connectivity index (χ1) is 16.7. The number of nitrogens with two attached hydrogens (primary N) is 2. The van der Waals surface area contributed by atoms with Crippen molar-refractivity contribution in [1.82, 2.24) is 4.98 Å². The highest BCUT2D eigenvalue weighted by Gasteiger charge is 2.44. The number of alkyl halides is 3. The van der Waals surface area contributed by atoms with Gasteiger partial charge in [-0.2, -0.15) is 13.2 Å². The summed E-state index contributed by atoms with van der Waals surface area (Å²) in [5.41, 5.74) is 14.3. The van der Waals surface area contributed by atoms with Crippen LogP contribution in [0.15, 0.2) is 28.5 Å². The molecule has 4 rings (SSSR count). The predicted molar refractivity (Wildman–Crippen MR) is 127 cm³/mol. The van der Waals surface area contributed by atoms with Crippen LogP contribution in [0.1, 0.15) is 35.4 Å². The average Bonchev–Trinajstić information content (AvgIpc) is 3.13. The van der Waals surface area contributed by atoms with Gasteiger partial charge in [0.1, 0.15) is 5.56 Å². The third kappa shape index (κ3) is 5.54. The van der Waals surface area contributed by atoms with E-state index in [0.29, 0.717) is 30.3 Å². The van der Waals surface area contributed by atoms with Crippen molar-refractivity contribution in [1.29, 1.82) is 0 Å². The largest absolute Gasteiger partial charge is 0.438 e. The van der Waals surface area contributed by atoms with E-state index in [1.807, 2.05) is 6.08 Å². The summed E-state index contributed by atoms with van der Waals surface area (Å²) in [5, 5.41) is 5.93. The number of ether oxygens (including phenoxy) is 1. The highest BCUT2D eigenvalue weighted by molar-refractivity contribution is 6.13. The number of rotatable bonds is 7.